The molecule has 0 radical (unpaired) electrons. The highest BCUT2D eigenvalue weighted by molar-refractivity contribution is 5.67. The van der Waals surface area contributed by atoms with Crippen molar-refractivity contribution >= 4 is 11.8 Å². The van der Waals surface area contributed by atoms with Crippen molar-refractivity contribution in [2.45, 2.75) is 58.3 Å². The van der Waals surface area contributed by atoms with E-state index in [0.717, 1.165) is 31.0 Å². The minimum Gasteiger partial charge on any atom is -0.444 e. The molecule has 1 aromatic heterocycles. The second-order valence-corrected chi connectivity index (χ2v) is 8.04. The minimum absolute atomic E-state index is 0.104. The topological polar surface area (TPSA) is 59.4 Å². The number of hydrogen-bond donors (Lipinski definition) is 1. The molecule has 0 saturated carbocycles. The summed E-state index contributed by atoms with van der Waals surface area (Å²) in [7, 11) is 0. The highest BCUT2D eigenvalue weighted by Crippen LogP contribution is 2.27. The van der Waals surface area contributed by atoms with Crippen molar-refractivity contribution < 1.29 is 18.3 Å². The van der Waals surface area contributed by atoms with Crippen LogP contribution in [0.3, 0.4) is 0 Å². The van der Waals surface area contributed by atoms with Crippen LogP contribution in [0, 0.1) is 11.6 Å². The lowest BCUT2D eigenvalue weighted by molar-refractivity contribution is 0.0523. The van der Waals surface area contributed by atoms with E-state index in [1.165, 1.54) is 12.1 Å². The molecule has 1 amide bonds. The van der Waals surface area contributed by atoms with Crippen LogP contribution in [0.5, 0.6) is 0 Å². The highest BCUT2D eigenvalue weighted by atomic mass is 19.1. The van der Waals surface area contributed by atoms with Crippen molar-refractivity contribution in [1.29, 1.82) is 0 Å². The van der Waals surface area contributed by atoms with E-state index in [1.54, 1.807) is 10.9 Å². The van der Waals surface area contributed by atoms with Crippen LogP contribution in [0.25, 0.3) is 0 Å². The predicted octanol–water partition coefficient (Wildman–Crippen LogP) is 3.86. The normalized spacial score (nSPS) is 17.0. The van der Waals surface area contributed by atoms with Gasteiger partial charge < -0.3 is 15.0 Å². The molecular weight excluding hydrogens is 366 g/mol. The first-order chi connectivity index (χ1) is 13.2. The summed E-state index contributed by atoms with van der Waals surface area (Å²) in [5.74, 6) is -1.15. The van der Waals surface area contributed by atoms with E-state index in [9.17, 15) is 13.6 Å². The Kier molecular flexibility index (Phi) is 5.86. The Balaban J connectivity index is 1.59. The first kappa shape index (κ1) is 20.1. The number of benzene rings is 1. The molecule has 1 N–H and O–H groups in total. The fourth-order valence-corrected chi connectivity index (χ4v) is 3.37. The lowest BCUT2D eigenvalue weighted by Gasteiger charge is -2.27. The van der Waals surface area contributed by atoms with Crippen molar-refractivity contribution in [1.82, 2.24) is 15.1 Å². The summed E-state index contributed by atoms with van der Waals surface area (Å²) in [6.07, 6.45) is 4.95. The summed E-state index contributed by atoms with van der Waals surface area (Å²) in [6.45, 7) is 7.10. The summed E-state index contributed by atoms with van der Waals surface area (Å²) < 4.78 is 34.1. The van der Waals surface area contributed by atoms with Gasteiger partial charge in [0.2, 0.25) is 0 Å². The van der Waals surface area contributed by atoms with Crippen LogP contribution in [-0.2, 0) is 17.8 Å². The number of nitrogens with one attached hydrogen (secondary N) is 1. The van der Waals surface area contributed by atoms with E-state index in [4.69, 9.17) is 4.74 Å². The molecule has 152 valence electrons. The maximum absolute atomic E-state index is 13.6. The van der Waals surface area contributed by atoms with Crippen LogP contribution in [0.1, 0.15) is 39.2 Å². The third-order valence-electron chi connectivity index (χ3n) is 4.48. The van der Waals surface area contributed by atoms with Gasteiger partial charge in [-0.1, -0.05) is 0 Å². The van der Waals surface area contributed by atoms with Gasteiger partial charge in [0.05, 0.1) is 12.7 Å². The number of alkyl carbamates (subject to hydrolysis) is 1. The molecule has 3 rings (SSSR count). The second-order valence-electron chi connectivity index (χ2n) is 8.04. The lowest BCUT2D eigenvalue weighted by atomic mass is 10.2. The average Bonchev–Trinajstić information content (AvgIpc) is 3.20. The molecule has 6 nitrogen and oxygen atoms in total. The van der Waals surface area contributed by atoms with E-state index in [1.807, 2.05) is 31.9 Å². The number of ether oxygens (including phenoxy) is 1. The van der Waals surface area contributed by atoms with E-state index in [-0.39, 0.29) is 6.04 Å². The number of rotatable bonds is 5. The van der Waals surface area contributed by atoms with Crippen LogP contribution in [0.15, 0.2) is 30.6 Å². The molecule has 0 aliphatic carbocycles. The Morgan fingerprint density at radius 3 is 2.68 bits per heavy atom. The van der Waals surface area contributed by atoms with Gasteiger partial charge >= 0.3 is 6.09 Å². The van der Waals surface area contributed by atoms with Crippen LogP contribution in [-0.4, -0.2) is 34.1 Å². The Hall–Kier alpha value is -2.64. The number of nitrogens with zero attached hydrogens (tertiary/aromatic N) is 3. The van der Waals surface area contributed by atoms with Crippen LogP contribution < -0.4 is 10.2 Å². The monoisotopic (exact) mass is 392 g/mol. The highest BCUT2D eigenvalue weighted by Gasteiger charge is 2.26. The molecule has 1 fully saturated rings. The molecule has 1 saturated heterocycles. The third kappa shape index (κ3) is 5.43. The molecule has 2 aromatic rings. The lowest BCUT2D eigenvalue weighted by Crippen LogP contribution is -2.33. The van der Waals surface area contributed by atoms with Gasteiger partial charge in [0.25, 0.3) is 0 Å². The van der Waals surface area contributed by atoms with Crippen LogP contribution in [0.2, 0.25) is 0 Å². The van der Waals surface area contributed by atoms with Crippen molar-refractivity contribution in [3.05, 3.63) is 47.8 Å². The fraction of sp³-hybridized carbons (Fsp3) is 0.500. The third-order valence-corrected chi connectivity index (χ3v) is 4.48. The Morgan fingerprint density at radius 2 is 2.00 bits per heavy atom. The number of carbonyl (C=O) groups excluding carboxylic acids is 1. The van der Waals surface area contributed by atoms with Crippen LogP contribution >= 0.6 is 0 Å². The smallest absolute Gasteiger partial charge is 0.407 e. The minimum atomic E-state index is -0.574. The van der Waals surface area contributed by atoms with E-state index < -0.39 is 23.3 Å². The SMILES string of the molecule is CC(C)(C)OC(=O)NCc1cnn(CC2CCCN2c2cc(F)cc(F)c2)c1. The molecule has 1 aliphatic rings. The molecule has 1 aliphatic heterocycles. The van der Waals surface area contributed by atoms with Crippen molar-refractivity contribution in [3.63, 3.8) is 0 Å². The van der Waals surface area contributed by atoms with Gasteiger partial charge in [0.15, 0.2) is 0 Å². The largest absolute Gasteiger partial charge is 0.444 e. The molecule has 1 atom stereocenters. The number of carbonyl (C=O) groups is 1. The Labute approximate surface area is 163 Å². The quantitative estimate of drug-likeness (QED) is 0.840. The van der Waals surface area contributed by atoms with E-state index in [0.29, 0.717) is 18.8 Å². The molecule has 1 unspecified atom stereocenters. The number of hydrogen-bond acceptors (Lipinski definition) is 4. The molecule has 28 heavy (non-hydrogen) atoms. The molecule has 0 bridgehead atoms. The summed E-state index contributed by atoms with van der Waals surface area (Å²) in [4.78, 5) is 13.8. The van der Waals surface area contributed by atoms with Crippen LogP contribution in [0.4, 0.5) is 19.3 Å². The first-order valence-corrected chi connectivity index (χ1v) is 9.40. The molecule has 2 heterocycles. The van der Waals surface area contributed by atoms with Crippen molar-refractivity contribution in [3.8, 4) is 0 Å². The van der Waals surface area contributed by atoms with Crippen molar-refractivity contribution in [2.24, 2.45) is 0 Å². The number of halogens is 2. The Bertz CT molecular complexity index is 812. The number of amides is 1. The fourth-order valence-electron chi connectivity index (χ4n) is 3.37. The molecule has 1 aromatic carbocycles. The summed E-state index contributed by atoms with van der Waals surface area (Å²) in [5, 5.41) is 7.05. The Morgan fingerprint density at radius 1 is 1.29 bits per heavy atom. The summed E-state index contributed by atoms with van der Waals surface area (Å²) in [5.41, 5.74) is 0.863. The molecule has 0 spiro atoms. The molecule has 8 heteroatoms. The summed E-state index contributed by atoms with van der Waals surface area (Å²) >= 11 is 0. The number of anilines is 1. The standard InChI is InChI=1S/C20H26F2N4O2/c1-20(2,3)28-19(27)23-10-14-11-24-25(12-14)13-17-5-4-6-26(17)18-8-15(21)7-16(22)9-18/h7-9,11-12,17H,4-6,10,13H2,1-3H3,(H,23,27). The first-order valence-electron chi connectivity index (χ1n) is 9.40. The second kappa shape index (κ2) is 8.16. The van der Waals surface area contributed by atoms with Gasteiger partial charge in [-0.15, -0.1) is 0 Å². The summed E-state index contributed by atoms with van der Waals surface area (Å²) in [6, 6.07) is 3.71. The van der Waals surface area contributed by atoms with E-state index >= 15 is 0 Å². The zero-order chi connectivity index (χ0) is 20.3. The average molecular weight is 392 g/mol. The predicted molar refractivity (Wildman–Crippen MR) is 102 cm³/mol. The van der Waals surface area contributed by atoms with Gasteiger partial charge in [-0.2, -0.15) is 5.10 Å². The van der Waals surface area contributed by atoms with Gasteiger partial charge in [-0.3, -0.25) is 4.68 Å². The maximum atomic E-state index is 13.6. The molecular formula is C20H26F2N4O2. The zero-order valence-electron chi connectivity index (χ0n) is 16.4. The number of aromatic nitrogens is 2. The zero-order valence-corrected chi connectivity index (χ0v) is 16.4. The van der Waals surface area contributed by atoms with Gasteiger partial charge in [0.1, 0.15) is 17.2 Å². The van der Waals surface area contributed by atoms with E-state index in [2.05, 4.69) is 10.4 Å². The van der Waals surface area contributed by atoms with Crippen molar-refractivity contribution in [2.75, 3.05) is 11.4 Å². The van der Waals surface area contributed by atoms with Gasteiger partial charge in [0, 0.05) is 42.6 Å². The maximum Gasteiger partial charge on any atom is 0.407 e. The van der Waals surface area contributed by atoms with Gasteiger partial charge in [-0.05, 0) is 45.7 Å². The van der Waals surface area contributed by atoms with Gasteiger partial charge in [-0.25, -0.2) is 13.6 Å².